The van der Waals surface area contributed by atoms with Crippen LogP contribution in [0.15, 0.2) is 24.3 Å². The quantitative estimate of drug-likeness (QED) is 0.825. The molecule has 0 aliphatic rings. The van der Waals surface area contributed by atoms with Crippen molar-refractivity contribution in [2.45, 2.75) is 33.1 Å². The third kappa shape index (κ3) is 4.35. The molecule has 1 rings (SSSR count). The normalized spacial score (nSPS) is 13.1. The number of hydrogen-bond acceptors (Lipinski definition) is 2. The van der Waals surface area contributed by atoms with Crippen molar-refractivity contribution in [1.29, 1.82) is 0 Å². The van der Waals surface area contributed by atoms with Crippen molar-refractivity contribution in [3.8, 4) is 0 Å². The standard InChI is InChI=1S/C16H26N2O/c1-12-8-6-7-9-14(12)16(3,4)11-18-15(19)13(2)10-17-5/h6-9,13,17H,10-11H2,1-5H3,(H,18,19). The summed E-state index contributed by atoms with van der Waals surface area (Å²) in [5.41, 5.74) is 2.50. The second-order valence-electron chi connectivity index (χ2n) is 5.88. The van der Waals surface area contributed by atoms with E-state index in [0.29, 0.717) is 13.1 Å². The first-order valence-electron chi connectivity index (χ1n) is 6.87. The number of rotatable bonds is 6. The summed E-state index contributed by atoms with van der Waals surface area (Å²) in [7, 11) is 1.86. The first-order valence-corrected chi connectivity index (χ1v) is 6.87. The van der Waals surface area contributed by atoms with Crippen molar-refractivity contribution in [2.75, 3.05) is 20.1 Å². The lowest BCUT2D eigenvalue weighted by Crippen LogP contribution is -2.41. The average molecular weight is 262 g/mol. The van der Waals surface area contributed by atoms with E-state index in [4.69, 9.17) is 0 Å². The van der Waals surface area contributed by atoms with Crippen LogP contribution in [0.25, 0.3) is 0 Å². The smallest absolute Gasteiger partial charge is 0.224 e. The van der Waals surface area contributed by atoms with Gasteiger partial charge in [0, 0.05) is 24.4 Å². The Morgan fingerprint density at radius 2 is 1.95 bits per heavy atom. The molecule has 1 amide bonds. The van der Waals surface area contributed by atoms with Crippen LogP contribution in [0.3, 0.4) is 0 Å². The Kier molecular flexibility index (Phi) is 5.55. The SMILES string of the molecule is CNCC(C)C(=O)NCC(C)(C)c1ccccc1C. The van der Waals surface area contributed by atoms with Gasteiger partial charge in [0.1, 0.15) is 0 Å². The number of nitrogens with one attached hydrogen (secondary N) is 2. The van der Waals surface area contributed by atoms with Gasteiger partial charge in [-0.25, -0.2) is 0 Å². The molecule has 3 nitrogen and oxygen atoms in total. The van der Waals surface area contributed by atoms with E-state index >= 15 is 0 Å². The van der Waals surface area contributed by atoms with E-state index in [2.05, 4.69) is 49.6 Å². The Labute approximate surface area is 116 Å². The van der Waals surface area contributed by atoms with Gasteiger partial charge < -0.3 is 10.6 Å². The third-order valence-corrected chi connectivity index (χ3v) is 3.54. The first-order chi connectivity index (χ1) is 8.88. The molecule has 3 heteroatoms. The van der Waals surface area contributed by atoms with Crippen LogP contribution in [-0.4, -0.2) is 26.0 Å². The second kappa shape index (κ2) is 6.71. The molecule has 0 aliphatic carbocycles. The highest BCUT2D eigenvalue weighted by Gasteiger charge is 2.23. The summed E-state index contributed by atoms with van der Waals surface area (Å²) in [5, 5.41) is 6.08. The predicted molar refractivity (Wildman–Crippen MR) is 80.3 cm³/mol. The number of aryl methyl sites for hydroxylation is 1. The van der Waals surface area contributed by atoms with Crippen LogP contribution >= 0.6 is 0 Å². The molecule has 0 saturated heterocycles. The van der Waals surface area contributed by atoms with Gasteiger partial charge in [-0.15, -0.1) is 0 Å². The maximum Gasteiger partial charge on any atom is 0.224 e. The molecule has 1 aromatic rings. The monoisotopic (exact) mass is 262 g/mol. The maximum absolute atomic E-state index is 11.9. The summed E-state index contributed by atoms with van der Waals surface area (Å²) >= 11 is 0. The lowest BCUT2D eigenvalue weighted by atomic mass is 9.82. The molecule has 0 spiro atoms. The van der Waals surface area contributed by atoms with Gasteiger partial charge in [0.15, 0.2) is 0 Å². The fourth-order valence-corrected chi connectivity index (χ4v) is 2.31. The molecule has 0 bridgehead atoms. The van der Waals surface area contributed by atoms with E-state index in [0.717, 1.165) is 0 Å². The Hall–Kier alpha value is -1.35. The minimum absolute atomic E-state index is 0.00216. The molecule has 0 aliphatic heterocycles. The fraction of sp³-hybridized carbons (Fsp3) is 0.562. The van der Waals surface area contributed by atoms with Crippen LogP contribution in [0.4, 0.5) is 0 Å². The lowest BCUT2D eigenvalue weighted by Gasteiger charge is -2.28. The van der Waals surface area contributed by atoms with Gasteiger partial charge in [0.05, 0.1) is 0 Å². The molecule has 0 fully saturated rings. The number of hydrogen-bond donors (Lipinski definition) is 2. The predicted octanol–water partition coefficient (Wildman–Crippen LogP) is 2.24. The van der Waals surface area contributed by atoms with Crippen LogP contribution < -0.4 is 10.6 Å². The first kappa shape index (κ1) is 15.7. The molecule has 0 aromatic heterocycles. The minimum Gasteiger partial charge on any atom is -0.355 e. The van der Waals surface area contributed by atoms with Crippen LogP contribution in [0.5, 0.6) is 0 Å². The van der Waals surface area contributed by atoms with Crippen molar-refractivity contribution in [3.05, 3.63) is 35.4 Å². The molecular weight excluding hydrogens is 236 g/mol. The maximum atomic E-state index is 11.9. The molecule has 0 heterocycles. The highest BCUT2D eigenvalue weighted by atomic mass is 16.1. The molecule has 19 heavy (non-hydrogen) atoms. The summed E-state index contributed by atoms with van der Waals surface area (Å²) in [5.74, 6) is 0.105. The Morgan fingerprint density at radius 1 is 1.32 bits per heavy atom. The Balaban J connectivity index is 2.66. The zero-order valence-electron chi connectivity index (χ0n) is 12.7. The van der Waals surface area contributed by atoms with Crippen LogP contribution in [-0.2, 0) is 10.2 Å². The van der Waals surface area contributed by atoms with E-state index in [9.17, 15) is 4.79 Å². The van der Waals surface area contributed by atoms with Crippen molar-refractivity contribution in [3.63, 3.8) is 0 Å². The van der Waals surface area contributed by atoms with E-state index in [1.54, 1.807) is 0 Å². The van der Waals surface area contributed by atoms with Crippen LogP contribution in [0, 0.1) is 12.8 Å². The van der Waals surface area contributed by atoms with Gasteiger partial charge in [-0.05, 0) is 25.1 Å². The number of amides is 1. The molecule has 1 atom stereocenters. The van der Waals surface area contributed by atoms with E-state index in [-0.39, 0.29) is 17.2 Å². The molecule has 0 saturated carbocycles. The zero-order valence-corrected chi connectivity index (χ0v) is 12.7. The molecule has 1 unspecified atom stereocenters. The van der Waals surface area contributed by atoms with Crippen LogP contribution in [0.1, 0.15) is 31.9 Å². The van der Waals surface area contributed by atoms with Crippen molar-refractivity contribution in [2.24, 2.45) is 5.92 Å². The summed E-state index contributed by atoms with van der Waals surface area (Å²) in [4.78, 5) is 11.9. The highest BCUT2D eigenvalue weighted by Crippen LogP contribution is 2.25. The Bertz CT molecular complexity index is 427. The summed E-state index contributed by atoms with van der Waals surface area (Å²) in [6.07, 6.45) is 0. The fourth-order valence-electron chi connectivity index (χ4n) is 2.31. The highest BCUT2D eigenvalue weighted by molar-refractivity contribution is 5.78. The zero-order chi connectivity index (χ0) is 14.5. The molecule has 2 N–H and O–H groups in total. The summed E-state index contributed by atoms with van der Waals surface area (Å²) in [6, 6.07) is 8.35. The molecule has 1 aromatic carbocycles. The summed E-state index contributed by atoms with van der Waals surface area (Å²) in [6.45, 7) is 9.74. The Morgan fingerprint density at radius 3 is 2.53 bits per heavy atom. The van der Waals surface area contributed by atoms with Gasteiger partial charge in [-0.1, -0.05) is 45.0 Å². The van der Waals surface area contributed by atoms with Crippen molar-refractivity contribution >= 4 is 5.91 Å². The van der Waals surface area contributed by atoms with Crippen LogP contribution in [0.2, 0.25) is 0 Å². The topological polar surface area (TPSA) is 41.1 Å². The summed E-state index contributed by atoms with van der Waals surface area (Å²) < 4.78 is 0. The molecule has 0 radical (unpaired) electrons. The van der Waals surface area contributed by atoms with E-state index in [1.807, 2.05) is 20.0 Å². The van der Waals surface area contributed by atoms with Gasteiger partial charge in [-0.3, -0.25) is 4.79 Å². The molecule has 106 valence electrons. The van der Waals surface area contributed by atoms with E-state index < -0.39 is 0 Å². The third-order valence-electron chi connectivity index (χ3n) is 3.54. The largest absolute Gasteiger partial charge is 0.355 e. The number of carbonyl (C=O) groups excluding carboxylic acids is 1. The minimum atomic E-state index is -0.0552. The van der Waals surface area contributed by atoms with Gasteiger partial charge in [-0.2, -0.15) is 0 Å². The van der Waals surface area contributed by atoms with Crippen molar-refractivity contribution in [1.82, 2.24) is 10.6 Å². The van der Waals surface area contributed by atoms with Gasteiger partial charge >= 0.3 is 0 Å². The second-order valence-corrected chi connectivity index (χ2v) is 5.88. The van der Waals surface area contributed by atoms with Crippen molar-refractivity contribution < 1.29 is 4.79 Å². The molecular formula is C16H26N2O. The average Bonchev–Trinajstić information content (AvgIpc) is 2.36. The van der Waals surface area contributed by atoms with E-state index in [1.165, 1.54) is 11.1 Å². The van der Waals surface area contributed by atoms with Gasteiger partial charge in [0.25, 0.3) is 0 Å². The van der Waals surface area contributed by atoms with Gasteiger partial charge in [0.2, 0.25) is 5.91 Å². The lowest BCUT2D eigenvalue weighted by molar-refractivity contribution is -0.124. The number of carbonyl (C=O) groups is 1. The number of benzene rings is 1.